The summed E-state index contributed by atoms with van der Waals surface area (Å²) in [5, 5.41) is 13.9. The third-order valence-electron chi connectivity index (χ3n) is 3.26. The number of nitrogens with one attached hydrogen (secondary N) is 2. The third-order valence-corrected chi connectivity index (χ3v) is 3.55. The second-order valence-corrected chi connectivity index (χ2v) is 6.25. The molecule has 1 unspecified atom stereocenters. The van der Waals surface area contributed by atoms with E-state index in [4.69, 9.17) is 21.4 Å². The number of anilines is 1. The highest BCUT2D eigenvalue weighted by molar-refractivity contribution is 6.32. The Balaban J connectivity index is 2.59. The predicted octanol–water partition coefficient (Wildman–Crippen LogP) is 2.55. The lowest BCUT2D eigenvalue weighted by atomic mass is 9.98. The average molecular weight is 398 g/mol. The zero-order valence-electron chi connectivity index (χ0n) is 14.1. The molecule has 1 atom stereocenters. The molecule has 0 aliphatic rings. The molecule has 0 spiro atoms. The van der Waals surface area contributed by atoms with E-state index in [1.165, 1.54) is 14.0 Å². The summed E-state index contributed by atoms with van der Waals surface area (Å²) in [5.74, 6) is -1.54. The number of halogens is 4. The highest BCUT2D eigenvalue weighted by Crippen LogP contribution is 2.32. The normalized spacial score (nSPS) is 13.8. The standard InChI is InChI=1S/C15H19ClF3N3O4/c1-14(8-26-2,6-12(24)25)22-11(23)3-4-20-13-10(16)5-9(7-21-13)15(17,18)19/h5,7H,3-4,6,8H2,1-2H3,(H,20,21)(H,22,23)(H,24,25). The Bertz CT molecular complexity index is 658. The molecule has 0 bridgehead atoms. The first-order valence-electron chi connectivity index (χ1n) is 7.45. The molecule has 11 heteroatoms. The van der Waals surface area contributed by atoms with Gasteiger partial charge in [0, 0.05) is 26.3 Å². The molecular weight excluding hydrogens is 379 g/mol. The molecule has 26 heavy (non-hydrogen) atoms. The zero-order chi connectivity index (χ0) is 20.0. The van der Waals surface area contributed by atoms with Gasteiger partial charge in [0.1, 0.15) is 5.82 Å². The van der Waals surface area contributed by atoms with Gasteiger partial charge in [-0.3, -0.25) is 9.59 Å². The summed E-state index contributed by atoms with van der Waals surface area (Å²) in [7, 11) is 1.38. The van der Waals surface area contributed by atoms with Crippen molar-refractivity contribution in [3.05, 3.63) is 22.8 Å². The minimum atomic E-state index is -4.55. The van der Waals surface area contributed by atoms with Gasteiger partial charge in [0.25, 0.3) is 0 Å². The Hall–Kier alpha value is -2.07. The molecule has 0 saturated heterocycles. The molecule has 0 aliphatic heterocycles. The van der Waals surface area contributed by atoms with Crippen LogP contribution >= 0.6 is 11.6 Å². The molecule has 146 valence electrons. The zero-order valence-corrected chi connectivity index (χ0v) is 14.9. The fourth-order valence-electron chi connectivity index (χ4n) is 2.20. The molecule has 0 aromatic carbocycles. The second-order valence-electron chi connectivity index (χ2n) is 5.84. The van der Waals surface area contributed by atoms with E-state index in [-0.39, 0.29) is 36.8 Å². The van der Waals surface area contributed by atoms with Crippen molar-refractivity contribution < 1.29 is 32.6 Å². The molecule has 1 amide bonds. The number of aliphatic carboxylic acids is 1. The van der Waals surface area contributed by atoms with Crippen LogP contribution < -0.4 is 10.6 Å². The van der Waals surface area contributed by atoms with Gasteiger partial charge in [-0.25, -0.2) is 4.98 Å². The molecular formula is C15H19ClF3N3O4. The van der Waals surface area contributed by atoms with Crippen LogP contribution in [0.5, 0.6) is 0 Å². The minimum Gasteiger partial charge on any atom is -0.481 e. The van der Waals surface area contributed by atoms with Gasteiger partial charge in [-0.15, -0.1) is 0 Å². The van der Waals surface area contributed by atoms with Crippen molar-refractivity contribution in [2.45, 2.75) is 31.5 Å². The van der Waals surface area contributed by atoms with E-state index in [9.17, 15) is 22.8 Å². The number of methoxy groups -OCH3 is 1. The van der Waals surface area contributed by atoms with E-state index in [0.29, 0.717) is 6.20 Å². The van der Waals surface area contributed by atoms with Crippen LogP contribution in [0, 0.1) is 0 Å². The molecule has 0 fully saturated rings. The maximum Gasteiger partial charge on any atom is 0.417 e. The first-order chi connectivity index (χ1) is 12.0. The number of carbonyl (C=O) groups is 2. The molecule has 1 aromatic heterocycles. The number of amides is 1. The predicted molar refractivity (Wildman–Crippen MR) is 88.0 cm³/mol. The first kappa shape index (κ1) is 22.0. The Morgan fingerprint density at radius 1 is 1.38 bits per heavy atom. The summed E-state index contributed by atoms with van der Waals surface area (Å²) >= 11 is 5.75. The van der Waals surface area contributed by atoms with E-state index in [2.05, 4.69) is 15.6 Å². The van der Waals surface area contributed by atoms with Crippen LogP contribution in [-0.4, -0.2) is 47.8 Å². The number of hydrogen-bond acceptors (Lipinski definition) is 5. The van der Waals surface area contributed by atoms with Gasteiger partial charge in [-0.05, 0) is 13.0 Å². The van der Waals surface area contributed by atoms with Crippen LogP contribution in [0.15, 0.2) is 12.3 Å². The molecule has 3 N–H and O–H groups in total. The highest BCUT2D eigenvalue weighted by atomic mass is 35.5. The number of ether oxygens (including phenoxy) is 1. The van der Waals surface area contributed by atoms with E-state index in [1.54, 1.807) is 0 Å². The lowest BCUT2D eigenvalue weighted by molar-refractivity contribution is -0.140. The van der Waals surface area contributed by atoms with Crippen LogP contribution in [0.2, 0.25) is 5.02 Å². The van der Waals surface area contributed by atoms with Gasteiger partial charge in [-0.1, -0.05) is 11.6 Å². The van der Waals surface area contributed by atoms with Crippen molar-refractivity contribution in [1.29, 1.82) is 0 Å². The molecule has 0 aliphatic carbocycles. The van der Waals surface area contributed by atoms with E-state index < -0.39 is 29.2 Å². The van der Waals surface area contributed by atoms with Crippen LogP contribution in [0.1, 0.15) is 25.3 Å². The first-order valence-corrected chi connectivity index (χ1v) is 7.83. The van der Waals surface area contributed by atoms with Crippen LogP contribution in [0.4, 0.5) is 19.0 Å². The Kier molecular flexibility index (Phi) is 7.64. The van der Waals surface area contributed by atoms with E-state index in [0.717, 1.165) is 6.07 Å². The lowest BCUT2D eigenvalue weighted by Crippen LogP contribution is -2.51. The number of carboxylic acid groups (broad SMARTS) is 1. The van der Waals surface area contributed by atoms with Crippen LogP contribution in [0.3, 0.4) is 0 Å². The third kappa shape index (κ3) is 7.04. The summed E-state index contributed by atoms with van der Waals surface area (Å²) in [6.45, 7) is 1.58. The van der Waals surface area contributed by atoms with E-state index in [1.807, 2.05) is 0 Å². The van der Waals surface area contributed by atoms with Gasteiger partial charge in [-0.2, -0.15) is 13.2 Å². The van der Waals surface area contributed by atoms with Crippen LogP contribution in [0.25, 0.3) is 0 Å². The number of aromatic nitrogens is 1. The molecule has 1 aromatic rings. The Morgan fingerprint density at radius 2 is 2.04 bits per heavy atom. The smallest absolute Gasteiger partial charge is 0.417 e. The number of pyridine rings is 1. The average Bonchev–Trinajstić information content (AvgIpc) is 2.46. The topological polar surface area (TPSA) is 101 Å². The summed E-state index contributed by atoms with van der Waals surface area (Å²) < 4.78 is 42.6. The van der Waals surface area contributed by atoms with Crippen molar-refractivity contribution in [3.63, 3.8) is 0 Å². The Labute approximate surface area is 152 Å². The van der Waals surface area contributed by atoms with Gasteiger partial charge in [0.05, 0.1) is 29.2 Å². The SMILES string of the molecule is COCC(C)(CC(=O)O)NC(=O)CCNc1ncc(C(F)(F)F)cc1Cl. The quantitative estimate of drug-likeness (QED) is 0.592. The largest absolute Gasteiger partial charge is 0.481 e. The minimum absolute atomic E-state index is 0.00472. The van der Waals surface area contributed by atoms with Crippen LogP contribution in [-0.2, 0) is 20.5 Å². The van der Waals surface area contributed by atoms with Crippen molar-refractivity contribution in [2.24, 2.45) is 0 Å². The summed E-state index contributed by atoms with van der Waals surface area (Å²) in [6.07, 6.45) is -4.31. The molecule has 1 heterocycles. The fraction of sp³-hybridized carbons (Fsp3) is 0.533. The van der Waals surface area contributed by atoms with Crippen molar-refractivity contribution in [2.75, 3.05) is 25.6 Å². The van der Waals surface area contributed by atoms with Gasteiger partial charge in [0.15, 0.2) is 0 Å². The summed E-state index contributed by atoms with van der Waals surface area (Å²) in [5.41, 5.74) is -2.06. The number of rotatable bonds is 9. The number of alkyl halides is 3. The summed E-state index contributed by atoms with van der Waals surface area (Å²) in [4.78, 5) is 26.5. The van der Waals surface area contributed by atoms with Crippen molar-refractivity contribution in [1.82, 2.24) is 10.3 Å². The van der Waals surface area contributed by atoms with Gasteiger partial charge < -0.3 is 20.5 Å². The molecule has 7 nitrogen and oxygen atoms in total. The van der Waals surface area contributed by atoms with Gasteiger partial charge >= 0.3 is 12.1 Å². The monoisotopic (exact) mass is 397 g/mol. The number of carbonyl (C=O) groups excluding carboxylic acids is 1. The molecule has 0 saturated carbocycles. The number of carboxylic acids is 1. The van der Waals surface area contributed by atoms with E-state index >= 15 is 0 Å². The van der Waals surface area contributed by atoms with Crippen molar-refractivity contribution in [3.8, 4) is 0 Å². The molecule has 0 radical (unpaired) electrons. The second kappa shape index (κ2) is 9.04. The van der Waals surface area contributed by atoms with Crippen molar-refractivity contribution >= 4 is 29.3 Å². The molecule has 1 rings (SSSR count). The number of hydrogen-bond donors (Lipinski definition) is 3. The lowest BCUT2D eigenvalue weighted by Gasteiger charge is -2.28. The fourth-order valence-corrected chi connectivity index (χ4v) is 2.43. The maximum absolute atomic E-state index is 12.5. The highest BCUT2D eigenvalue weighted by Gasteiger charge is 2.32. The summed E-state index contributed by atoms with van der Waals surface area (Å²) in [6, 6.07) is 0.736. The number of nitrogens with zero attached hydrogens (tertiary/aromatic N) is 1. The Morgan fingerprint density at radius 3 is 2.54 bits per heavy atom. The maximum atomic E-state index is 12.5. The van der Waals surface area contributed by atoms with Gasteiger partial charge in [0.2, 0.25) is 5.91 Å².